The average Bonchev–Trinajstić information content (AvgIpc) is 2.75. The van der Waals surface area contributed by atoms with Crippen molar-refractivity contribution in [3.63, 3.8) is 0 Å². The minimum Gasteiger partial charge on any atom is -0.314 e. The summed E-state index contributed by atoms with van der Waals surface area (Å²) in [5.74, 6) is 0. The minimum absolute atomic E-state index is 0.359. The fourth-order valence-corrected chi connectivity index (χ4v) is 3.74. The Morgan fingerprint density at radius 1 is 1.39 bits per heavy atom. The van der Waals surface area contributed by atoms with Crippen molar-refractivity contribution in [2.75, 3.05) is 7.05 Å². The number of hydrogen-bond donors (Lipinski definition) is 1. The molecule has 0 bridgehead atoms. The van der Waals surface area contributed by atoms with E-state index in [-0.39, 0.29) is 0 Å². The number of rotatable bonds is 3. The van der Waals surface area contributed by atoms with Gasteiger partial charge in [0.1, 0.15) is 0 Å². The third kappa shape index (κ3) is 1.99. The van der Waals surface area contributed by atoms with Crippen LogP contribution >= 0.6 is 0 Å². The Hall–Kier alpha value is -0.830. The molecule has 0 aromatic carbocycles. The van der Waals surface area contributed by atoms with Crippen LogP contribution in [0.2, 0.25) is 0 Å². The van der Waals surface area contributed by atoms with Gasteiger partial charge in [0.05, 0.1) is 11.7 Å². The zero-order valence-electron chi connectivity index (χ0n) is 12.7. The maximum absolute atomic E-state index is 4.80. The fraction of sp³-hybridized carbons (Fsp3) is 0.800. The predicted octanol–water partition coefficient (Wildman–Crippen LogP) is 3.01. The molecule has 0 spiro atoms. The summed E-state index contributed by atoms with van der Waals surface area (Å²) in [6, 6.07) is 1.02. The zero-order chi connectivity index (χ0) is 13.5. The molecule has 0 saturated heterocycles. The van der Waals surface area contributed by atoms with Gasteiger partial charge in [0.25, 0.3) is 0 Å². The highest BCUT2D eigenvalue weighted by atomic mass is 15.3. The normalized spacial score (nSPS) is 26.8. The second-order valence-electron chi connectivity index (χ2n) is 6.31. The van der Waals surface area contributed by atoms with Crippen molar-refractivity contribution >= 4 is 0 Å². The lowest BCUT2D eigenvalue weighted by molar-refractivity contribution is 0.252. The number of nitrogens with one attached hydrogen (secondary N) is 1. The zero-order valence-corrected chi connectivity index (χ0v) is 12.7. The van der Waals surface area contributed by atoms with Crippen molar-refractivity contribution in [2.24, 2.45) is 5.41 Å². The van der Waals surface area contributed by atoms with Gasteiger partial charge in [-0.05, 0) is 51.1 Å². The van der Waals surface area contributed by atoms with Crippen LogP contribution in [-0.2, 0) is 6.42 Å². The van der Waals surface area contributed by atoms with Crippen LogP contribution in [-0.4, -0.2) is 22.9 Å². The number of aromatic nitrogens is 2. The van der Waals surface area contributed by atoms with Gasteiger partial charge in [0, 0.05) is 11.7 Å². The molecule has 2 unspecified atom stereocenters. The second-order valence-corrected chi connectivity index (χ2v) is 6.31. The van der Waals surface area contributed by atoms with Gasteiger partial charge in [-0.25, -0.2) is 0 Å². The molecule has 18 heavy (non-hydrogen) atoms. The molecule has 3 heteroatoms. The van der Waals surface area contributed by atoms with E-state index in [9.17, 15) is 0 Å². The minimum atomic E-state index is 0.359. The van der Waals surface area contributed by atoms with Crippen molar-refractivity contribution in [1.82, 2.24) is 15.1 Å². The summed E-state index contributed by atoms with van der Waals surface area (Å²) in [6.45, 7) is 11.3. The molecular weight excluding hydrogens is 222 g/mol. The highest BCUT2D eigenvalue weighted by Crippen LogP contribution is 2.44. The Labute approximate surface area is 111 Å². The van der Waals surface area contributed by atoms with E-state index in [1.165, 1.54) is 29.8 Å². The lowest BCUT2D eigenvalue weighted by atomic mass is 9.86. The Bertz CT molecular complexity index is 431. The third-order valence-electron chi connectivity index (χ3n) is 4.76. The van der Waals surface area contributed by atoms with Crippen molar-refractivity contribution in [3.05, 3.63) is 17.0 Å². The van der Waals surface area contributed by atoms with Crippen LogP contribution in [0, 0.1) is 19.3 Å². The molecule has 1 aromatic rings. The average molecular weight is 249 g/mol. The molecule has 102 valence electrons. The molecule has 1 fully saturated rings. The highest BCUT2D eigenvalue weighted by Gasteiger charge is 2.42. The Kier molecular flexibility index (Phi) is 3.54. The SMILES string of the molecule is CCc1c(C)nn(C2CCC(C)(C)C2NC)c1C. The maximum atomic E-state index is 4.80. The van der Waals surface area contributed by atoms with Crippen molar-refractivity contribution in [3.8, 4) is 0 Å². The van der Waals surface area contributed by atoms with Crippen molar-refractivity contribution in [2.45, 2.75) is 66.0 Å². The topological polar surface area (TPSA) is 29.9 Å². The van der Waals surface area contributed by atoms with Gasteiger partial charge in [-0.3, -0.25) is 4.68 Å². The number of likely N-dealkylation sites (N-methyl/N-ethyl adjacent to an activating group) is 1. The molecule has 0 aliphatic heterocycles. The van der Waals surface area contributed by atoms with Gasteiger partial charge >= 0.3 is 0 Å². The van der Waals surface area contributed by atoms with Crippen LogP contribution in [0.3, 0.4) is 0 Å². The summed E-state index contributed by atoms with van der Waals surface area (Å²) in [5.41, 5.74) is 4.35. The first kappa shape index (κ1) is 13.6. The van der Waals surface area contributed by atoms with Gasteiger partial charge in [-0.2, -0.15) is 5.10 Å². The monoisotopic (exact) mass is 249 g/mol. The van der Waals surface area contributed by atoms with Gasteiger partial charge in [0.15, 0.2) is 0 Å². The molecule has 1 aromatic heterocycles. The molecule has 1 N–H and O–H groups in total. The van der Waals surface area contributed by atoms with Crippen LogP contribution in [0.4, 0.5) is 0 Å². The summed E-state index contributed by atoms with van der Waals surface area (Å²) < 4.78 is 2.28. The van der Waals surface area contributed by atoms with Gasteiger partial charge in [0.2, 0.25) is 0 Å². The maximum Gasteiger partial charge on any atom is 0.0680 e. The van der Waals surface area contributed by atoms with E-state index < -0.39 is 0 Å². The second kappa shape index (κ2) is 4.69. The standard InChI is InChI=1S/C15H27N3/c1-7-12-10(2)17-18(11(12)3)13-8-9-15(4,5)14(13)16-6/h13-14,16H,7-9H2,1-6H3. The highest BCUT2D eigenvalue weighted by molar-refractivity contribution is 5.25. The Morgan fingerprint density at radius 2 is 2.06 bits per heavy atom. The van der Waals surface area contributed by atoms with E-state index >= 15 is 0 Å². The number of hydrogen-bond acceptors (Lipinski definition) is 2. The van der Waals surface area contributed by atoms with Crippen LogP contribution in [0.25, 0.3) is 0 Å². The summed E-state index contributed by atoms with van der Waals surface area (Å²) >= 11 is 0. The predicted molar refractivity (Wildman–Crippen MR) is 76.0 cm³/mol. The molecule has 3 nitrogen and oxygen atoms in total. The third-order valence-corrected chi connectivity index (χ3v) is 4.76. The van der Waals surface area contributed by atoms with E-state index in [1.807, 2.05) is 0 Å². The van der Waals surface area contributed by atoms with Gasteiger partial charge in [-0.1, -0.05) is 20.8 Å². The summed E-state index contributed by atoms with van der Waals surface area (Å²) in [5, 5.41) is 8.32. The lowest BCUT2D eigenvalue weighted by Gasteiger charge is -2.31. The van der Waals surface area contributed by atoms with E-state index in [2.05, 4.69) is 51.7 Å². The van der Waals surface area contributed by atoms with Crippen molar-refractivity contribution in [1.29, 1.82) is 0 Å². The molecular formula is C15H27N3. The van der Waals surface area contributed by atoms with E-state index in [0.717, 1.165) is 6.42 Å². The van der Waals surface area contributed by atoms with E-state index in [4.69, 9.17) is 5.10 Å². The molecule has 2 atom stereocenters. The summed E-state index contributed by atoms with van der Waals surface area (Å²) in [6.07, 6.45) is 3.57. The fourth-order valence-electron chi connectivity index (χ4n) is 3.74. The van der Waals surface area contributed by atoms with Crippen LogP contribution < -0.4 is 5.32 Å². The number of aryl methyl sites for hydroxylation is 1. The lowest BCUT2D eigenvalue weighted by Crippen LogP contribution is -2.41. The molecule has 1 aliphatic rings. The van der Waals surface area contributed by atoms with E-state index in [1.54, 1.807) is 0 Å². The quantitative estimate of drug-likeness (QED) is 0.892. The first-order chi connectivity index (χ1) is 8.42. The molecule has 2 rings (SSSR count). The van der Waals surface area contributed by atoms with Crippen LogP contribution in [0.5, 0.6) is 0 Å². The molecule has 1 heterocycles. The molecule has 0 amide bonds. The Morgan fingerprint density at radius 3 is 2.56 bits per heavy atom. The summed E-state index contributed by atoms with van der Waals surface area (Å²) in [4.78, 5) is 0. The van der Waals surface area contributed by atoms with Crippen molar-refractivity contribution < 1.29 is 0 Å². The van der Waals surface area contributed by atoms with Gasteiger partial charge < -0.3 is 5.32 Å². The summed E-state index contributed by atoms with van der Waals surface area (Å²) in [7, 11) is 2.08. The molecule has 0 radical (unpaired) electrons. The number of nitrogens with zero attached hydrogens (tertiary/aromatic N) is 2. The largest absolute Gasteiger partial charge is 0.314 e. The van der Waals surface area contributed by atoms with Gasteiger partial charge in [-0.15, -0.1) is 0 Å². The molecule has 1 aliphatic carbocycles. The smallest absolute Gasteiger partial charge is 0.0680 e. The molecule has 1 saturated carbocycles. The van der Waals surface area contributed by atoms with E-state index in [0.29, 0.717) is 17.5 Å². The van der Waals surface area contributed by atoms with Crippen LogP contribution in [0.15, 0.2) is 0 Å². The first-order valence-corrected chi connectivity index (χ1v) is 7.14. The Balaban J connectivity index is 2.38. The first-order valence-electron chi connectivity index (χ1n) is 7.14. The van der Waals surface area contributed by atoms with Crippen LogP contribution in [0.1, 0.15) is 56.6 Å².